The first kappa shape index (κ1) is 24.6. The number of carbonyl (C=O) groups is 1. The third-order valence-electron chi connectivity index (χ3n) is 5.93. The van der Waals surface area contributed by atoms with E-state index in [2.05, 4.69) is 11.4 Å². The number of nitrogens with one attached hydrogen (secondary N) is 1. The van der Waals surface area contributed by atoms with Gasteiger partial charge in [-0.25, -0.2) is 0 Å². The van der Waals surface area contributed by atoms with Crippen LogP contribution in [-0.2, 0) is 4.79 Å². The fourth-order valence-electron chi connectivity index (χ4n) is 3.96. The predicted octanol–water partition coefficient (Wildman–Crippen LogP) is 6.94. The van der Waals surface area contributed by atoms with Crippen molar-refractivity contribution >= 4 is 34.0 Å². The van der Waals surface area contributed by atoms with Crippen LogP contribution in [0, 0.1) is 25.2 Å². The highest BCUT2D eigenvalue weighted by atomic mass is 16.5. The lowest BCUT2D eigenvalue weighted by molar-refractivity contribution is -0.118. The molecule has 180 valence electrons. The summed E-state index contributed by atoms with van der Waals surface area (Å²) in [6.45, 7) is 6.20. The van der Waals surface area contributed by atoms with Crippen LogP contribution in [0.15, 0.2) is 78.9 Å². The second-order valence-corrected chi connectivity index (χ2v) is 8.47. The average molecular weight is 477 g/mol. The summed E-state index contributed by atoms with van der Waals surface area (Å²) < 4.78 is 11.6. The summed E-state index contributed by atoms with van der Waals surface area (Å²) in [7, 11) is 0. The molecular formula is C31H28N2O3. The lowest BCUT2D eigenvalue weighted by Crippen LogP contribution is -2.20. The molecule has 0 aliphatic heterocycles. The molecule has 0 aromatic heterocycles. The zero-order valence-corrected chi connectivity index (χ0v) is 20.7. The number of hydrogen-bond acceptors (Lipinski definition) is 4. The SMILES string of the molecule is CCOc1cc(/C=C(/C#N)c2cccc3ccccc23)ccc1OCC(=O)Nc1ccc(C)c(C)c1. The predicted molar refractivity (Wildman–Crippen MR) is 145 cm³/mol. The fraction of sp³-hybridized carbons (Fsp3) is 0.161. The van der Waals surface area contributed by atoms with Crippen LogP contribution in [0.3, 0.4) is 0 Å². The van der Waals surface area contributed by atoms with Gasteiger partial charge in [0.2, 0.25) is 0 Å². The Morgan fingerprint density at radius 3 is 2.50 bits per heavy atom. The van der Waals surface area contributed by atoms with E-state index in [-0.39, 0.29) is 12.5 Å². The quantitative estimate of drug-likeness (QED) is 0.221. The molecule has 0 saturated heterocycles. The molecule has 5 nitrogen and oxygen atoms in total. The Labute approximate surface area is 211 Å². The largest absolute Gasteiger partial charge is 0.490 e. The maximum atomic E-state index is 12.4. The van der Waals surface area contributed by atoms with Crippen molar-refractivity contribution < 1.29 is 14.3 Å². The lowest BCUT2D eigenvalue weighted by atomic mass is 9.97. The Bertz CT molecular complexity index is 1480. The molecule has 1 N–H and O–H groups in total. The van der Waals surface area contributed by atoms with Crippen molar-refractivity contribution in [1.29, 1.82) is 5.26 Å². The highest BCUT2D eigenvalue weighted by Crippen LogP contribution is 2.32. The molecule has 4 aromatic carbocycles. The van der Waals surface area contributed by atoms with E-state index in [1.165, 1.54) is 5.56 Å². The van der Waals surface area contributed by atoms with Crippen LogP contribution in [0.5, 0.6) is 11.5 Å². The van der Waals surface area contributed by atoms with E-state index >= 15 is 0 Å². The van der Waals surface area contributed by atoms with Gasteiger partial charge in [0.05, 0.1) is 18.2 Å². The van der Waals surface area contributed by atoms with Crippen LogP contribution in [0.2, 0.25) is 0 Å². The second kappa shape index (κ2) is 11.2. The molecule has 0 heterocycles. The normalized spacial score (nSPS) is 11.1. The number of nitriles is 1. The zero-order valence-electron chi connectivity index (χ0n) is 20.7. The van der Waals surface area contributed by atoms with Crippen molar-refractivity contribution in [1.82, 2.24) is 0 Å². The molecule has 5 heteroatoms. The van der Waals surface area contributed by atoms with Crippen LogP contribution < -0.4 is 14.8 Å². The summed E-state index contributed by atoms with van der Waals surface area (Å²) >= 11 is 0. The van der Waals surface area contributed by atoms with E-state index in [9.17, 15) is 10.1 Å². The van der Waals surface area contributed by atoms with Gasteiger partial charge < -0.3 is 14.8 Å². The van der Waals surface area contributed by atoms with E-state index < -0.39 is 0 Å². The van der Waals surface area contributed by atoms with Gasteiger partial charge in [0.1, 0.15) is 0 Å². The molecule has 0 fully saturated rings. The maximum Gasteiger partial charge on any atom is 0.262 e. The van der Waals surface area contributed by atoms with Gasteiger partial charge in [0.25, 0.3) is 5.91 Å². The Hall–Kier alpha value is -4.56. The summed E-state index contributed by atoms with van der Waals surface area (Å²) in [5.74, 6) is 0.723. The average Bonchev–Trinajstić information content (AvgIpc) is 2.89. The molecule has 0 atom stereocenters. The third kappa shape index (κ3) is 5.73. The summed E-state index contributed by atoms with van der Waals surface area (Å²) in [6, 6.07) is 27.5. The van der Waals surface area contributed by atoms with Gasteiger partial charge in [0.15, 0.2) is 18.1 Å². The number of allylic oxidation sites excluding steroid dienone is 1. The van der Waals surface area contributed by atoms with Gasteiger partial charge in [-0.1, -0.05) is 54.6 Å². The summed E-state index contributed by atoms with van der Waals surface area (Å²) in [4.78, 5) is 12.4. The standard InChI is InChI=1S/C31H28N2O3/c1-4-35-30-18-23(17-25(19-32)28-11-7-9-24-8-5-6-10-27(24)28)13-15-29(30)36-20-31(34)33-26-14-12-21(2)22(3)16-26/h5-18H,4,20H2,1-3H3,(H,33,34)/b25-17-. The van der Waals surface area contributed by atoms with Crippen LogP contribution in [0.4, 0.5) is 5.69 Å². The van der Waals surface area contributed by atoms with Gasteiger partial charge in [-0.2, -0.15) is 5.26 Å². The van der Waals surface area contributed by atoms with Gasteiger partial charge >= 0.3 is 0 Å². The van der Waals surface area contributed by atoms with Gasteiger partial charge in [-0.05, 0) is 78.6 Å². The minimum Gasteiger partial charge on any atom is -0.490 e. The summed E-state index contributed by atoms with van der Waals surface area (Å²) in [6.07, 6.45) is 1.83. The molecule has 4 aromatic rings. The van der Waals surface area contributed by atoms with E-state index in [4.69, 9.17) is 9.47 Å². The van der Waals surface area contributed by atoms with Gasteiger partial charge in [-0.3, -0.25) is 4.79 Å². The van der Waals surface area contributed by atoms with Gasteiger partial charge in [-0.15, -0.1) is 0 Å². The molecule has 1 amide bonds. The first-order chi connectivity index (χ1) is 17.5. The summed E-state index contributed by atoms with van der Waals surface area (Å²) in [5.41, 5.74) is 5.23. The molecule has 36 heavy (non-hydrogen) atoms. The number of amides is 1. The Kier molecular flexibility index (Phi) is 7.67. The van der Waals surface area contributed by atoms with E-state index in [0.717, 1.165) is 33.2 Å². The lowest BCUT2D eigenvalue weighted by Gasteiger charge is -2.13. The molecule has 0 unspecified atom stereocenters. The van der Waals surface area contributed by atoms with Crippen LogP contribution >= 0.6 is 0 Å². The third-order valence-corrected chi connectivity index (χ3v) is 5.93. The number of benzene rings is 4. The number of fused-ring (bicyclic) bond motifs is 1. The first-order valence-corrected chi connectivity index (χ1v) is 11.8. The van der Waals surface area contributed by atoms with Crippen LogP contribution in [0.1, 0.15) is 29.2 Å². The number of anilines is 1. The number of ether oxygens (including phenoxy) is 2. The van der Waals surface area contributed by atoms with E-state index in [1.807, 2.05) is 99.6 Å². The number of carbonyl (C=O) groups excluding carboxylic acids is 1. The Morgan fingerprint density at radius 1 is 0.917 bits per heavy atom. The highest BCUT2D eigenvalue weighted by Gasteiger charge is 2.11. The maximum absolute atomic E-state index is 12.4. The van der Waals surface area contributed by atoms with E-state index in [1.54, 1.807) is 6.07 Å². The molecule has 0 saturated carbocycles. The zero-order chi connectivity index (χ0) is 25.5. The van der Waals surface area contributed by atoms with Crippen LogP contribution in [0.25, 0.3) is 22.4 Å². The monoisotopic (exact) mass is 476 g/mol. The van der Waals surface area contributed by atoms with Crippen molar-refractivity contribution in [3.63, 3.8) is 0 Å². The minimum atomic E-state index is -0.257. The molecule has 0 aliphatic carbocycles. The van der Waals surface area contributed by atoms with Crippen molar-refractivity contribution in [2.45, 2.75) is 20.8 Å². The van der Waals surface area contributed by atoms with Crippen molar-refractivity contribution in [2.75, 3.05) is 18.5 Å². The molecular weight excluding hydrogens is 448 g/mol. The molecule has 0 radical (unpaired) electrons. The Morgan fingerprint density at radius 2 is 1.72 bits per heavy atom. The van der Waals surface area contributed by atoms with Crippen molar-refractivity contribution in [2.24, 2.45) is 0 Å². The second-order valence-electron chi connectivity index (χ2n) is 8.47. The Balaban J connectivity index is 1.54. The molecule has 4 rings (SSSR count). The topological polar surface area (TPSA) is 71.3 Å². The fourth-order valence-corrected chi connectivity index (χ4v) is 3.96. The van der Waals surface area contributed by atoms with Crippen LogP contribution in [-0.4, -0.2) is 19.1 Å². The molecule has 0 spiro atoms. The van der Waals surface area contributed by atoms with Gasteiger partial charge in [0, 0.05) is 11.3 Å². The number of rotatable bonds is 8. The number of aryl methyl sites for hydroxylation is 2. The smallest absolute Gasteiger partial charge is 0.262 e. The highest BCUT2D eigenvalue weighted by molar-refractivity contribution is 6.01. The first-order valence-electron chi connectivity index (χ1n) is 11.8. The number of hydrogen-bond donors (Lipinski definition) is 1. The van der Waals surface area contributed by atoms with E-state index in [0.29, 0.717) is 23.7 Å². The van der Waals surface area contributed by atoms with Crippen molar-refractivity contribution in [3.8, 4) is 17.6 Å². The molecule has 0 bridgehead atoms. The molecule has 0 aliphatic rings. The minimum absolute atomic E-state index is 0.151. The number of nitrogens with zero attached hydrogens (tertiary/aromatic N) is 1. The summed E-state index contributed by atoms with van der Waals surface area (Å²) in [5, 5.41) is 14.9. The van der Waals surface area contributed by atoms with Crippen molar-refractivity contribution in [3.05, 3.63) is 101 Å².